The maximum Gasteiger partial charge on any atom is 0.295 e. The summed E-state index contributed by atoms with van der Waals surface area (Å²) in [4.78, 5) is 28.5. The first kappa shape index (κ1) is 19.1. The molecule has 0 radical (unpaired) electrons. The molecule has 0 N–H and O–H groups in total. The summed E-state index contributed by atoms with van der Waals surface area (Å²) >= 11 is 0. The van der Waals surface area contributed by atoms with Crippen molar-refractivity contribution in [2.24, 2.45) is 0 Å². The molecule has 1 unspecified atom stereocenters. The normalized spacial score (nSPS) is 15.4. The molecule has 3 aromatic carbocycles. The number of ether oxygens (including phenoxy) is 1. The number of methoxy groups -OCH3 is 1. The highest BCUT2D eigenvalue weighted by Gasteiger charge is 2.43. The number of aryl methyl sites for hydroxylation is 1. The summed E-state index contributed by atoms with van der Waals surface area (Å²) in [6.45, 7) is 1.96. The van der Waals surface area contributed by atoms with Crippen LogP contribution < -0.4 is 15.1 Å². The lowest BCUT2D eigenvalue weighted by molar-refractivity contribution is 0.0971. The largest absolute Gasteiger partial charge is 0.497 e. The number of nitrogens with zero attached hydrogens (tertiary/aromatic N) is 1. The van der Waals surface area contributed by atoms with Crippen molar-refractivity contribution >= 4 is 22.6 Å². The van der Waals surface area contributed by atoms with Gasteiger partial charge in [-0.3, -0.25) is 14.5 Å². The first-order chi connectivity index (χ1) is 15.0. The van der Waals surface area contributed by atoms with Gasteiger partial charge in [0.25, 0.3) is 5.91 Å². The van der Waals surface area contributed by atoms with Gasteiger partial charge in [0.05, 0.1) is 24.1 Å². The Hall–Kier alpha value is -3.93. The Balaban J connectivity index is 1.81. The molecular formula is C25H18FNO4. The average molecular weight is 415 g/mol. The van der Waals surface area contributed by atoms with Crippen molar-refractivity contribution in [3.63, 3.8) is 0 Å². The quantitative estimate of drug-likeness (QED) is 0.473. The highest BCUT2D eigenvalue weighted by atomic mass is 19.1. The van der Waals surface area contributed by atoms with Gasteiger partial charge in [-0.2, -0.15) is 0 Å². The van der Waals surface area contributed by atoms with Crippen molar-refractivity contribution in [2.45, 2.75) is 13.0 Å². The van der Waals surface area contributed by atoms with Gasteiger partial charge in [-0.25, -0.2) is 4.39 Å². The van der Waals surface area contributed by atoms with Crippen molar-refractivity contribution in [3.05, 3.63) is 105 Å². The van der Waals surface area contributed by atoms with Crippen LogP contribution in [0.1, 0.15) is 33.3 Å². The Morgan fingerprint density at radius 2 is 1.77 bits per heavy atom. The van der Waals surface area contributed by atoms with Crippen LogP contribution in [0.25, 0.3) is 11.0 Å². The van der Waals surface area contributed by atoms with E-state index >= 15 is 0 Å². The van der Waals surface area contributed by atoms with Crippen molar-refractivity contribution in [3.8, 4) is 5.75 Å². The summed E-state index contributed by atoms with van der Waals surface area (Å²) in [6, 6.07) is 17.7. The fraction of sp³-hybridized carbons (Fsp3) is 0.120. The summed E-state index contributed by atoms with van der Waals surface area (Å²) in [5, 5.41) is 0.108. The fourth-order valence-corrected chi connectivity index (χ4v) is 4.04. The third-order valence-electron chi connectivity index (χ3n) is 5.56. The third kappa shape index (κ3) is 2.99. The molecule has 1 amide bonds. The molecule has 0 spiro atoms. The number of carbonyl (C=O) groups is 1. The fourth-order valence-electron chi connectivity index (χ4n) is 4.04. The van der Waals surface area contributed by atoms with Crippen LogP contribution in [0.3, 0.4) is 0 Å². The lowest BCUT2D eigenvalue weighted by Crippen LogP contribution is -2.29. The van der Waals surface area contributed by atoms with Gasteiger partial charge in [0.1, 0.15) is 17.1 Å². The standard InChI is InChI=1S/C25H18FNO4/c1-14-6-8-15(9-7-14)22-21-23(28)19-12-16(26)10-11-20(19)31-24(21)25(29)27(22)17-4-3-5-18(13-17)30-2/h3-13,22H,1-2H3. The van der Waals surface area contributed by atoms with Gasteiger partial charge in [0.2, 0.25) is 5.76 Å². The molecule has 0 fully saturated rings. The molecule has 1 atom stereocenters. The number of carbonyl (C=O) groups excluding carboxylic acids is 1. The van der Waals surface area contributed by atoms with Crippen LogP contribution in [-0.2, 0) is 0 Å². The second-order valence-electron chi connectivity index (χ2n) is 7.50. The van der Waals surface area contributed by atoms with E-state index in [2.05, 4.69) is 0 Å². The Morgan fingerprint density at radius 3 is 2.52 bits per heavy atom. The first-order valence-corrected chi connectivity index (χ1v) is 9.78. The zero-order valence-corrected chi connectivity index (χ0v) is 16.9. The first-order valence-electron chi connectivity index (χ1n) is 9.78. The van der Waals surface area contributed by atoms with Gasteiger partial charge < -0.3 is 9.15 Å². The molecular weight excluding hydrogens is 397 g/mol. The molecule has 1 aliphatic heterocycles. The molecule has 1 aliphatic rings. The molecule has 5 nitrogen and oxygen atoms in total. The van der Waals surface area contributed by atoms with E-state index in [1.54, 1.807) is 31.4 Å². The summed E-state index contributed by atoms with van der Waals surface area (Å²) in [5.74, 6) is -0.425. The van der Waals surface area contributed by atoms with Gasteiger partial charge in [0, 0.05) is 11.8 Å². The van der Waals surface area contributed by atoms with Gasteiger partial charge in [-0.15, -0.1) is 0 Å². The number of fused-ring (bicyclic) bond motifs is 2. The second-order valence-corrected chi connectivity index (χ2v) is 7.50. The van der Waals surface area contributed by atoms with Crippen molar-refractivity contribution in [2.75, 3.05) is 12.0 Å². The van der Waals surface area contributed by atoms with Crippen molar-refractivity contribution in [1.82, 2.24) is 0 Å². The highest BCUT2D eigenvalue weighted by molar-refractivity contribution is 6.10. The van der Waals surface area contributed by atoms with E-state index in [4.69, 9.17) is 9.15 Å². The molecule has 0 saturated heterocycles. The Kier molecular flexibility index (Phi) is 4.36. The number of benzene rings is 3. The molecule has 0 saturated carbocycles. The Morgan fingerprint density at radius 1 is 1.00 bits per heavy atom. The van der Waals surface area contributed by atoms with Crippen LogP contribution in [-0.4, -0.2) is 13.0 Å². The van der Waals surface area contributed by atoms with E-state index in [-0.39, 0.29) is 22.3 Å². The van der Waals surface area contributed by atoms with E-state index in [1.807, 2.05) is 31.2 Å². The zero-order valence-electron chi connectivity index (χ0n) is 16.9. The van der Waals surface area contributed by atoms with E-state index in [1.165, 1.54) is 17.0 Å². The molecule has 154 valence electrons. The summed E-state index contributed by atoms with van der Waals surface area (Å²) < 4.78 is 25.0. The van der Waals surface area contributed by atoms with Crippen LogP contribution >= 0.6 is 0 Å². The van der Waals surface area contributed by atoms with Gasteiger partial charge >= 0.3 is 0 Å². The van der Waals surface area contributed by atoms with Crippen LogP contribution in [0.5, 0.6) is 5.75 Å². The van der Waals surface area contributed by atoms with Crippen molar-refractivity contribution in [1.29, 1.82) is 0 Å². The number of hydrogen-bond acceptors (Lipinski definition) is 4. The number of hydrogen-bond donors (Lipinski definition) is 0. The molecule has 5 rings (SSSR count). The van der Waals surface area contributed by atoms with Gasteiger partial charge in [0.15, 0.2) is 5.43 Å². The van der Waals surface area contributed by atoms with E-state index in [9.17, 15) is 14.0 Å². The minimum atomic E-state index is -0.709. The highest BCUT2D eigenvalue weighted by Crippen LogP contribution is 2.42. The molecule has 6 heteroatoms. The number of anilines is 1. The third-order valence-corrected chi connectivity index (χ3v) is 5.56. The Labute approximate surface area is 177 Å². The van der Waals surface area contributed by atoms with Crippen LogP contribution in [0.2, 0.25) is 0 Å². The summed E-state index contributed by atoms with van der Waals surface area (Å²) in [5.41, 5.74) is 2.33. The number of halogens is 1. The zero-order chi connectivity index (χ0) is 21.7. The molecule has 0 aliphatic carbocycles. The monoisotopic (exact) mass is 415 g/mol. The predicted octanol–water partition coefficient (Wildman–Crippen LogP) is 5.00. The molecule has 4 aromatic rings. The average Bonchev–Trinajstić information content (AvgIpc) is 3.07. The lowest BCUT2D eigenvalue weighted by atomic mass is 9.97. The molecule has 0 bridgehead atoms. The number of rotatable bonds is 3. The molecule has 31 heavy (non-hydrogen) atoms. The smallest absolute Gasteiger partial charge is 0.295 e. The predicted molar refractivity (Wildman–Crippen MR) is 115 cm³/mol. The van der Waals surface area contributed by atoms with Crippen LogP contribution in [0.15, 0.2) is 75.9 Å². The second kappa shape index (κ2) is 7.09. The SMILES string of the molecule is COc1cccc(N2C(=O)c3oc4ccc(F)cc4c(=O)c3C2c2ccc(C)cc2)c1. The maximum atomic E-state index is 13.9. The minimum Gasteiger partial charge on any atom is -0.497 e. The maximum absolute atomic E-state index is 13.9. The van der Waals surface area contributed by atoms with E-state index in [0.717, 1.165) is 17.2 Å². The van der Waals surface area contributed by atoms with Crippen LogP contribution in [0, 0.1) is 12.7 Å². The lowest BCUT2D eigenvalue weighted by Gasteiger charge is -2.25. The summed E-state index contributed by atoms with van der Waals surface area (Å²) in [7, 11) is 1.55. The number of amides is 1. The van der Waals surface area contributed by atoms with Gasteiger partial charge in [-0.1, -0.05) is 35.9 Å². The molecule has 1 aromatic heterocycles. The summed E-state index contributed by atoms with van der Waals surface area (Å²) in [6.07, 6.45) is 0. The van der Waals surface area contributed by atoms with Gasteiger partial charge in [-0.05, 0) is 42.8 Å². The van der Waals surface area contributed by atoms with Crippen LogP contribution in [0.4, 0.5) is 10.1 Å². The van der Waals surface area contributed by atoms with Crippen molar-refractivity contribution < 1.29 is 18.3 Å². The molecule has 2 heterocycles. The Bertz CT molecular complexity index is 1390. The topological polar surface area (TPSA) is 59.8 Å². The minimum absolute atomic E-state index is 0.0301. The van der Waals surface area contributed by atoms with E-state index < -0.39 is 23.2 Å². The van der Waals surface area contributed by atoms with E-state index in [0.29, 0.717) is 11.4 Å².